The van der Waals surface area contributed by atoms with Crippen molar-refractivity contribution in [2.45, 2.75) is 57.5 Å². The molecule has 34 heavy (non-hydrogen) atoms. The first-order valence-corrected chi connectivity index (χ1v) is 11.9. The molecule has 1 saturated carbocycles. The first-order valence-electron chi connectivity index (χ1n) is 11.9. The molecule has 1 aliphatic carbocycles. The average molecular weight is 469 g/mol. The molecule has 5 rings (SSSR count). The molecule has 9 heteroatoms. The zero-order valence-corrected chi connectivity index (χ0v) is 19.4. The van der Waals surface area contributed by atoms with Crippen LogP contribution in [0.5, 0.6) is 0 Å². The van der Waals surface area contributed by atoms with Gasteiger partial charge in [-0.2, -0.15) is 4.98 Å². The van der Waals surface area contributed by atoms with Gasteiger partial charge in [0.25, 0.3) is 0 Å². The number of anilines is 3. The van der Waals surface area contributed by atoms with E-state index in [9.17, 15) is 8.78 Å². The van der Waals surface area contributed by atoms with Crippen molar-refractivity contribution in [1.29, 1.82) is 0 Å². The second-order valence-corrected chi connectivity index (χ2v) is 9.34. The fourth-order valence-electron chi connectivity index (χ4n) is 4.96. The SMILES string of the molecule is C=C(C)C1CCC(Nc2ncc3nc(Nc4ccc(F)cc4F)n(C4CCOCC4)c3n2)CC1. The molecule has 1 saturated heterocycles. The van der Waals surface area contributed by atoms with E-state index in [-0.39, 0.29) is 11.7 Å². The molecule has 0 amide bonds. The number of allylic oxidation sites excluding steroid dienone is 1. The lowest BCUT2D eigenvalue weighted by molar-refractivity contribution is 0.0710. The third-order valence-corrected chi connectivity index (χ3v) is 6.92. The van der Waals surface area contributed by atoms with Gasteiger partial charge in [0.05, 0.1) is 11.9 Å². The van der Waals surface area contributed by atoms with Crippen molar-refractivity contribution in [1.82, 2.24) is 19.5 Å². The molecule has 2 N–H and O–H groups in total. The standard InChI is InChI=1S/C25H30F2N6O/c1-15(2)16-3-6-18(7-4-16)29-24-28-14-22-23(32-24)33(19-9-11-34-12-10-19)25(31-22)30-21-8-5-17(26)13-20(21)27/h5,8,13-14,16,18-19H,1,3-4,6-7,9-12H2,2H3,(H,30,31)(H,28,29,32). The zero-order chi connectivity index (χ0) is 23.7. The van der Waals surface area contributed by atoms with E-state index >= 15 is 0 Å². The lowest BCUT2D eigenvalue weighted by Crippen LogP contribution is -2.27. The Balaban J connectivity index is 1.44. The van der Waals surface area contributed by atoms with Gasteiger partial charge in [0, 0.05) is 31.4 Å². The zero-order valence-electron chi connectivity index (χ0n) is 19.4. The van der Waals surface area contributed by atoms with Crippen molar-refractivity contribution in [2.24, 2.45) is 5.92 Å². The molecule has 3 heterocycles. The van der Waals surface area contributed by atoms with Crippen LogP contribution in [0, 0.1) is 17.6 Å². The molecule has 0 radical (unpaired) electrons. The van der Waals surface area contributed by atoms with Gasteiger partial charge in [0.15, 0.2) is 5.65 Å². The predicted molar refractivity (Wildman–Crippen MR) is 128 cm³/mol. The lowest BCUT2D eigenvalue weighted by atomic mass is 9.82. The highest BCUT2D eigenvalue weighted by atomic mass is 19.1. The fraction of sp³-hybridized carbons (Fsp3) is 0.480. The van der Waals surface area contributed by atoms with E-state index in [0.29, 0.717) is 48.2 Å². The van der Waals surface area contributed by atoms with E-state index in [0.717, 1.165) is 44.6 Å². The van der Waals surface area contributed by atoms with E-state index in [1.807, 2.05) is 4.57 Å². The summed E-state index contributed by atoms with van der Waals surface area (Å²) in [5, 5.41) is 6.54. The average Bonchev–Trinajstić information content (AvgIpc) is 3.19. The van der Waals surface area contributed by atoms with Gasteiger partial charge in [0.2, 0.25) is 11.9 Å². The number of imidazole rings is 1. The first kappa shape index (κ1) is 22.7. The van der Waals surface area contributed by atoms with Crippen molar-refractivity contribution in [2.75, 3.05) is 23.8 Å². The summed E-state index contributed by atoms with van der Waals surface area (Å²) in [6, 6.07) is 3.86. The smallest absolute Gasteiger partial charge is 0.224 e. The first-order chi connectivity index (χ1) is 16.5. The number of hydrogen-bond donors (Lipinski definition) is 2. The number of rotatable bonds is 6. The van der Waals surface area contributed by atoms with E-state index in [2.05, 4.69) is 34.1 Å². The summed E-state index contributed by atoms with van der Waals surface area (Å²) in [6.07, 6.45) is 7.63. The van der Waals surface area contributed by atoms with Gasteiger partial charge in [-0.15, -0.1) is 0 Å². The molecule has 0 atom stereocenters. The van der Waals surface area contributed by atoms with Gasteiger partial charge in [-0.05, 0) is 63.5 Å². The van der Waals surface area contributed by atoms with Gasteiger partial charge in [-0.1, -0.05) is 12.2 Å². The summed E-state index contributed by atoms with van der Waals surface area (Å²) in [4.78, 5) is 14.0. The van der Waals surface area contributed by atoms with Crippen LogP contribution >= 0.6 is 0 Å². The molecule has 2 aliphatic rings. The minimum atomic E-state index is -0.676. The molecular weight excluding hydrogens is 438 g/mol. The Kier molecular flexibility index (Phi) is 6.45. The van der Waals surface area contributed by atoms with Crippen LogP contribution in [0.4, 0.5) is 26.4 Å². The molecule has 2 aromatic heterocycles. The Labute approximate surface area is 197 Å². The number of nitrogens with zero attached hydrogens (tertiary/aromatic N) is 4. The maximum Gasteiger partial charge on any atom is 0.224 e. The monoisotopic (exact) mass is 468 g/mol. The quantitative estimate of drug-likeness (QED) is 0.449. The maximum absolute atomic E-state index is 14.4. The lowest BCUT2D eigenvalue weighted by Gasteiger charge is -2.29. The molecule has 0 unspecified atom stereocenters. The fourth-order valence-corrected chi connectivity index (χ4v) is 4.96. The number of halogens is 2. The minimum Gasteiger partial charge on any atom is -0.381 e. The Hall–Kier alpha value is -3.07. The summed E-state index contributed by atoms with van der Waals surface area (Å²) < 4.78 is 35.3. The van der Waals surface area contributed by atoms with Gasteiger partial charge >= 0.3 is 0 Å². The number of fused-ring (bicyclic) bond motifs is 1. The largest absolute Gasteiger partial charge is 0.381 e. The van der Waals surface area contributed by atoms with Gasteiger partial charge in [-0.25, -0.2) is 18.7 Å². The van der Waals surface area contributed by atoms with Crippen LogP contribution in [0.15, 0.2) is 36.5 Å². The number of ether oxygens (including phenoxy) is 1. The third kappa shape index (κ3) is 4.75. The highest BCUT2D eigenvalue weighted by molar-refractivity contribution is 5.76. The van der Waals surface area contributed by atoms with Crippen molar-refractivity contribution in [3.05, 3.63) is 48.2 Å². The number of aromatic nitrogens is 4. The van der Waals surface area contributed by atoms with Crippen molar-refractivity contribution in [3.63, 3.8) is 0 Å². The van der Waals surface area contributed by atoms with Gasteiger partial charge in [0.1, 0.15) is 17.2 Å². The molecular formula is C25H30F2N6O. The van der Waals surface area contributed by atoms with Crippen LogP contribution in [-0.4, -0.2) is 38.8 Å². The minimum absolute atomic E-state index is 0.0958. The van der Waals surface area contributed by atoms with E-state index in [1.54, 1.807) is 6.20 Å². The summed E-state index contributed by atoms with van der Waals surface area (Å²) >= 11 is 0. The summed E-state index contributed by atoms with van der Waals surface area (Å²) in [6.45, 7) is 7.49. The maximum atomic E-state index is 14.4. The Morgan fingerprint density at radius 2 is 1.85 bits per heavy atom. The molecule has 2 fully saturated rings. The van der Waals surface area contributed by atoms with Gasteiger partial charge in [-0.3, -0.25) is 4.57 Å². The van der Waals surface area contributed by atoms with Gasteiger partial charge < -0.3 is 15.4 Å². The highest BCUT2D eigenvalue weighted by Crippen LogP contribution is 2.33. The topological polar surface area (TPSA) is 76.9 Å². The van der Waals surface area contributed by atoms with Crippen LogP contribution in [-0.2, 0) is 4.74 Å². The van der Waals surface area contributed by atoms with Crippen LogP contribution in [0.25, 0.3) is 11.2 Å². The van der Waals surface area contributed by atoms with Crippen molar-refractivity contribution < 1.29 is 13.5 Å². The van der Waals surface area contributed by atoms with Crippen LogP contribution in [0.1, 0.15) is 51.5 Å². The summed E-state index contributed by atoms with van der Waals surface area (Å²) in [7, 11) is 0. The van der Waals surface area contributed by atoms with Crippen molar-refractivity contribution in [3.8, 4) is 0 Å². The number of nitrogens with one attached hydrogen (secondary N) is 2. The molecule has 3 aromatic rings. The van der Waals surface area contributed by atoms with Crippen molar-refractivity contribution >= 4 is 28.7 Å². The molecule has 0 bridgehead atoms. The molecule has 180 valence electrons. The van der Waals surface area contributed by atoms with Crippen LogP contribution in [0.2, 0.25) is 0 Å². The predicted octanol–water partition coefficient (Wildman–Crippen LogP) is 5.75. The molecule has 1 aromatic carbocycles. The Bertz CT molecular complexity index is 1180. The molecule has 1 aliphatic heterocycles. The van der Waals surface area contributed by atoms with E-state index in [4.69, 9.17) is 9.72 Å². The Morgan fingerprint density at radius 1 is 1.09 bits per heavy atom. The Morgan fingerprint density at radius 3 is 2.56 bits per heavy atom. The highest BCUT2D eigenvalue weighted by Gasteiger charge is 2.25. The normalized spacial score (nSPS) is 21.5. The summed E-state index contributed by atoms with van der Waals surface area (Å²) in [5.74, 6) is 0.320. The molecule has 0 spiro atoms. The molecule has 7 nitrogen and oxygen atoms in total. The second-order valence-electron chi connectivity index (χ2n) is 9.34. The summed E-state index contributed by atoms with van der Waals surface area (Å²) in [5.41, 5.74) is 2.72. The van der Waals surface area contributed by atoms with Crippen LogP contribution in [0.3, 0.4) is 0 Å². The second kappa shape index (κ2) is 9.66. The van der Waals surface area contributed by atoms with Crippen LogP contribution < -0.4 is 10.6 Å². The number of hydrogen-bond acceptors (Lipinski definition) is 6. The van der Waals surface area contributed by atoms with E-state index in [1.165, 1.54) is 17.7 Å². The third-order valence-electron chi connectivity index (χ3n) is 6.92. The van der Waals surface area contributed by atoms with E-state index < -0.39 is 11.6 Å². The number of benzene rings is 1.